The number of hydrogen-bond acceptors (Lipinski definition) is 7. The lowest BCUT2D eigenvalue weighted by atomic mass is 9.98. The number of carbonyl (C=O) groups is 2. The van der Waals surface area contributed by atoms with Crippen molar-refractivity contribution < 1.29 is 23.5 Å². The van der Waals surface area contributed by atoms with Crippen LogP contribution in [0.4, 0.5) is 11.4 Å². The number of rotatable bonds is 6. The van der Waals surface area contributed by atoms with Gasteiger partial charge in [0.1, 0.15) is 0 Å². The van der Waals surface area contributed by atoms with E-state index in [0.29, 0.717) is 41.1 Å². The number of benzene rings is 2. The molecule has 2 aliphatic heterocycles. The predicted molar refractivity (Wildman–Crippen MR) is 131 cm³/mol. The minimum Gasteiger partial charge on any atom is -0.454 e. The van der Waals surface area contributed by atoms with Crippen molar-refractivity contribution in [1.29, 1.82) is 0 Å². The van der Waals surface area contributed by atoms with Crippen LogP contribution in [0.1, 0.15) is 49.0 Å². The molecule has 9 nitrogen and oxygen atoms in total. The summed E-state index contributed by atoms with van der Waals surface area (Å²) in [5, 5.41) is 6.11. The molecule has 2 aliphatic rings. The molecule has 3 aromatic rings. The molecule has 2 aromatic carbocycles. The Labute approximate surface area is 203 Å². The lowest BCUT2D eigenvalue weighted by molar-refractivity contribution is -0.114. The van der Waals surface area contributed by atoms with E-state index in [1.165, 1.54) is 6.92 Å². The number of aromatic nitrogens is 1. The molecule has 1 saturated heterocycles. The van der Waals surface area contributed by atoms with Crippen molar-refractivity contribution in [2.45, 2.75) is 32.6 Å². The Morgan fingerprint density at radius 2 is 1.83 bits per heavy atom. The standard InChI is InChI=1S/C26H28N4O5/c1-3-30(20-8-9-21-22(14-20)34-15-33-21)26(32)23-24(17-4-6-19(7-5-17)28-16(2)31)35-25(29-23)18-10-12-27-13-11-18/h4-9,14,18,27H,3,10-13,15H2,1-2H3,(H,28,31). The molecule has 0 saturated carbocycles. The Hall–Kier alpha value is -3.85. The first kappa shape index (κ1) is 22.9. The Morgan fingerprint density at radius 3 is 2.54 bits per heavy atom. The van der Waals surface area contributed by atoms with Gasteiger partial charge in [-0.1, -0.05) is 0 Å². The molecule has 0 spiro atoms. The number of hydrogen-bond donors (Lipinski definition) is 2. The van der Waals surface area contributed by atoms with Crippen LogP contribution in [0.15, 0.2) is 46.9 Å². The van der Waals surface area contributed by atoms with Crippen LogP contribution in [0.5, 0.6) is 11.5 Å². The first-order valence-corrected chi connectivity index (χ1v) is 11.8. The van der Waals surface area contributed by atoms with Crippen molar-refractivity contribution in [3.05, 3.63) is 54.0 Å². The van der Waals surface area contributed by atoms with Gasteiger partial charge < -0.3 is 29.4 Å². The summed E-state index contributed by atoms with van der Waals surface area (Å²) in [4.78, 5) is 31.6. The van der Waals surface area contributed by atoms with Crippen molar-refractivity contribution in [2.24, 2.45) is 0 Å². The molecule has 0 bridgehead atoms. The van der Waals surface area contributed by atoms with Crippen molar-refractivity contribution in [3.63, 3.8) is 0 Å². The maximum Gasteiger partial charge on any atom is 0.280 e. The van der Waals surface area contributed by atoms with Crippen LogP contribution in [-0.4, -0.2) is 43.2 Å². The van der Waals surface area contributed by atoms with Crippen LogP contribution in [0.3, 0.4) is 0 Å². The van der Waals surface area contributed by atoms with E-state index in [-0.39, 0.29) is 30.2 Å². The van der Waals surface area contributed by atoms with E-state index in [0.717, 1.165) is 31.5 Å². The van der Waals surface area contributed by atoms with Crippen molar-refractivity contribution >= 4 is 23.2 Å². The summed E-state index contributed by atoms with van der Waals surface area (Å²) in [7, 11) is 0. The molecular formula is C26H28N4O5. The monoisotopic (exact) mass is 476 g/mol. The first-order valence-electron chi connectivity index (χ1n) is 11.8. The second-order valence-electron chi connectivity index (χ2n) is 8.60. The highest BCUT2D eigenvalue weighted by Crippen LogP contribution is 2.37. The van der Waals surface area contributed by atoms with Gasteiger partial charge in [0.25, 0.3) is 5.91 Å². The number of fused-ring (bicyclic) bond motifs is 1. The number of nitrogens with one attached hydrogen (secondary N) is 2. The molecule has 182 valence electrons. The Morgan fingerprint density at radius 1 is 1.09 bits per heavy atom. The van der Waals surface area contributed by atoms with Crippen molar-refractivity contribution in [3.8, 4) is 22.8 Å². The van der Waals surface area contributed by atoms with Crippen LogP contribution in [0, 0.1) is 0 Å². The van der Waals surface area contributed by atoms with Gasteiger partial charge in [-0.05, 0) is 69.3 Å². The summed E-state index contributed by atoms with van der Waals surface area (Å²) in [5.41, 5.74) is 2.35. The van der Waals surface area contributed by atoms with Crippen LogP contribution < -0.4 is 25.0 Å². The lowest BCUT2D eigenvalue weighted by Crippen LogP contribution is -2.31. The van der Waals surface area contributed by atoms with Gasteiger partial charge in [0.15, 0.2) is 28.8 Å². The molecule has 0 aliphatic carbocycles. The SMILES string of the molecule is CCN(C(=O)c1nc(C2CCNCC2)oc1-c1ccc(NC(C)=O)cc1)c1ccc2c(c1)OCO2. The minimum absolute atomic E-state index is 0.149. The predicted octanol–water partition coefficient (Wildman–Crippen LogP) is 4.16. The summed E-state index contributed by atoms with van der Waals surface area (Å²) < 4.78 is 17.2. The molecule has 1 fully saturated rings. The van der Waals surface area contributed by atoms with Gasteiger partial charge in [-0.2, -0.15) is 0 Å². The van der Waals surface area contributed by atoms with Crippen molar-refractivity contribution in [1.82, 2.24) is 10.3 Å². The zero-order valence-corrected chi connectivity index (χ0v) is 19.8. The maximum atomic E-state index is 13.8. The van der Waals surface area contributed by atoms with Gasteiger partial charge in [0.05, 0.1) is 0 Å². The third kappa shape index (κ3) is 4.72. The molecule has 35 heavy (non-hydrogen) atoms. The fourth-order valence-electron chi connectivity index (χ4n) is 4.45. The fraction of sp³-hybridized carbons (Fsp3) is 0.346. The molecule has 0 atom stereocenters. The Bertz CT molecular complexity index is 1230. The van der Waals surface area contributed by atoms with E-state index in [1.54, 1.807) is 29.2 Å². The fourth-order valence-corrected chi connectivity index (χ4v) is 4.45. The highest BCUT2D eigenvalue weighted by atomic mass is 16.7. The average molecular weight is 477 g/mol. The average Bonchev–Trinajstić information content (AvgIpc) is 3.52. The van der Waals surface area contributed by atoms with Gasteiger partial charge in [0.2, 0.25) is 12.7 Å². The molecule has 1 aromatic heterocycles. The van der Waals surface area contributed by atoms with Gasteiger partial charge in [-0.15, -0.1) is 0 Å². The number of carbonyl (C=O) groups excluding carboxylic acids is 2. The normalized spacial score (nSPS) is 15.1. The molecule has 5 rings (SSSR count). The van der Waals surface area contributed by atoms with E-state index < -0.39 is 0 Å². The van der Waals surface area contributed by atoms with Crippen LogP contribution in [0.2, 0.25) is 0 Å². The second kappa shape index (κ2) is 9.79. The maximum absolute atomic E-state index is 13.8. The summed E-state index contributed by atoms with van der Waals surface area (Å²) in [6, 6.07) is 12.7. The molecule has 2 N–H and O–H groups in total. The molecule has 3 heterocycles. The van der Waals surface area contributed by atoms with Gasteiger partial charge in [-0.25, -0.2) is 4.98 Å². The van der Waals surface area contributed by atoms with E-state index in [1.807, 2.05) is 25.1 Å². The van der Waals surface area contributed by atoms with Gasteiger partial charge in [-0.3, -0.25) is 9.59 Å². The summed E-state index contributed by atoms with van der Waals surface area (Å²) in [5.74, 6) is 2.02. The Kier molecular flexibility index (Phi) is 6.41. The van der Waals surface area contributed by atoms with Crippen LogP contribution in [-0.2, 0) is 4.79 Å². The summed E-state index contributed by atoms with van der Waals surface area (Å²) in [6.07, 6.45) is 1.80. The minimum atomic E-state index is -0.253. The number of ether oxygens (including phenoxy) is 2. The van der Waals surface area contributed by atoms with Gasteiger partial charge in [0, 0.05) is 42.4 Å². The quantitative estimate of drug-likeness (QED) is 0.550. The number of piperidine rings is 1. The third-order valence-electron chi connectivity index (χ3n) is 6.23. The number of anilines is 2. The first-order chi connectivity index (χ1) is 17.0. The summed E-state index contributed by atoms with van der Waals surface area (Å²) >= 11 is 0. The summed E-state index contributed by atoms with van der Waals surface area (Å²) in [6.45, 7) is 5.75. The lowest BCUT2D eigenvalue weighted by Gasteiger charge is -2.21. The van der Waals surface area contributed by atoms with E-state index in [4.69, 9.17) is 18.9 Å². The van der Waals surface area contributed by atoms with E-state index in [2.05, 4.69) is 10.6 Å². The van der Waals surface area contributed by atoms with Crippen LogP contribution in [0.25, 0.3) is 11.3 Å². The zero-order valence-electron chi connectivity index (χ0n) is 19.8. The number of oxazole rings is 1. The molecule has 9 heteroatoms. The molecule has 0 unspecified atom stereocenters. The van der Waals surface area contributed by atoms with E-state index >= 15 is 0 Å². The zero-order chi connectivity index (χ0) is 24.4. The second-order valence-corrected chi connectivity index (χ2v) is 8.60. The van der Waals surface area contributed by atoms with E-state index in [9.17, 15) is 9.59 Å². The molecule has 0 radical (unpaired) electrons. The number of nitrogens with zero attached hydrogens (tertiary/aromatic N) is 2. The van der Waals surface area contributed by atoms with Gasteiger partial charge >= 0.3 is 0 Å². The smallest absolute Gasteiger partial charge is 0.280 e. The van der Waals surface area contributed by atoms with Crippen molar-refractivity contribution in [2.75, 3.05) is 36.6 Å². The molecular weight excluding hydrogens is 448 g/mol. The molecule has 2 amide bonds. The topological polar surface area (TPSA) is 106 Å². The number of amides is 2. The largest absolute Gasteiger partial charge is 0.454 e. The Balaban J connectivity index is 1.52. The third-order valence-corrected chi connectivity index (χ3v) is 6.23. The highest BCUT2D eigenvalue weighted by Gasteiger charge is 2.30. The van der Waals surface area contributed by atoms with Crippen LogP contribution >= 0.6 is 0 Å². The highest BCUT2D eigenvalue weighted by molar-refractivity contribution is 6.08.